The second kappa shape index (κ2) is 11.1. The molecule has 0 fully saturated rings. The number of benzene rings is 1. The van der Waals surface area contributed by atoms with Crippen LogP contribution in [0.25, 0.3) is 6.08 Å². The molecule has 6 nitrogen and oxygen atoms in total. The van der Waals surface area contributed by atoms with Crippen LogP contribution >= 0.6 is 0 Å². The second-order valence-corrected chi connectivity index (χ2v) is 5.68. The largest absolute Gasteiger partial charge is 0.493 e. The summed E-state index contributed by atoms with van der Waals surface area (Å²) in [6.07, 6.45) is 5.00. The number of amides is 2. The highest BCUT2D eigenvalue weighted by atomic mass is 16.5. The Labute approximate surface area is 149 Å². The van der Waals surface area contributed by atoms with Gasteiger partial charge in [0.05, 0.1) is 7.11 Å². The molecule has 0 radical (unpaired) electrons. The Kier molecular flexibility index (Phi) is 9.14. The fourth-order valence-electron chi connectivity index (χ4n) is 2.06. The first kappa shape index (κ1) is 20.5. The van der Waals surface area contributed by atoms with E-state index in [4.69, 9.17) is 9.47 Å². The van der Waals surface area contributed by atoms with Gasteiger partial charge in [0.1, 0.15) is 0 Å². The number of allylic oxidation sites excluding steroid dienone is 1. The number of nitrogens with one attached hydrogen (secondary N) is 2. The molecule has 1 rings (SSSR count). The smallest absolute Gasteiger partial charge is 0.257 e. The lowest BCUT2D eigenvalue weighted by Crippen LogP contribution is -2.36. The maximum absolute atomic E-state index is 11.8. The van der Waals surface area contributed by atoms with Crippen molar-refractivity contribution in [3.8, 4) is 11.5 Å². The maximum Gasteiger partial charge on any atom is 0.257 e. The Balaban J connectivity index is 2.40. The molecule has 0 spiro atoms. The fraction of sp³-hybridized carbons (Fsp3) is 0.474. The lowest BCUT2D eigenvalue weighted by molar-refractivity contribution is -0.123. The summed E-state index contributed by atoms with van der Waals surface area (Å²) in [7, 11) is 1.55. The molecule has 1 unspecified atom stereocenters. The summed E-state index contributed by atoms with van der Waals surface area (Å²) in [5, 5.41) is 5.52. The molecule has 0 heterocycles. The summed E-state index contributed by atoms with van der Waals surface area (Å²) in [5.74, 6) is 0.712. The van der Waals surface area contributed by atoms with Crippen molar-refractivity contribution in [3.63, 3.8) is 0 Å². The van der Waals surface area contributed by atoms with E-state index in [1.807, 2.05) is 45.1 Å². The minimum absolute atomic E-state index is 0.0724. The van der Waals surface area contributed by atoms with Gasteiger partial charge in [0.2, 0.25) is 5.91 Å². The molecule has 0 aliphatic heterocycles. The monoisotopic (exact) mass is 348 g/mol. The summed E-state index contributed by atoms with van der Waals surface area (Å²) < 4.78 is 10.8. The molecule has 1 aromatic carbocycles. The molecule has 0 aromatic heterocycles. The van der Waals surface area contributed by atoms with Gasteiger partial charge in [0.25, 0.3) is 5.91 Å². The number of methoxy groups -OCH3 is 1. The summed E-state index contributed by atoms with van der Waals surface area (Å²) in [6, 6.07) is 5.63. The predicted molar refractivity (Wildman–Crippen MR) is 98.7 cm³/mol. The van der Waals surface area contributed by atoms with Gasteiger partial charge < -0.3 is 20.1 Å². The van der Waals surface area contributed by atoms with Gasteiger partial charge in [-0.15, -0.1) is 0 Å². The zero-order chi connectivity index (χ0) is 18.7. The average molecular weight is 348 g/mol. The number of carbonyl (C=O) groups is 2. The van der Waals surface area contributed by atoms with Gasteiger partial charge in [-0.3, -0.25) is 9.59 Å². The standard InChI is InChI=1S/C19H28N2O4/c1-5-7-15-8-9-16(17(12-15)24-4)25-13-19(23)20-11-10-18(22)21-14(3)6-2/h5,7-9,12,14H,6,10-11,13H2,1-4H3,(H,20,23)(H,21,22). The van der Waals surface area contributed by atoms with Crippen molar-refractivity contribution in [1.82, 2.24) is 10.6 Å². The van der Waals surface area contributed by atoms with Crippen molar-refractivity contribution >= 4 is 17.9 Å². The van der Waals surface area contributed by atoms with Gasteiger partial charge in [0, 0.05) is 19.0 Å². The van der Waals surface area contributed by atoms with E-state index >= 15 is 0 Å². The molecule has 0 saturated carbocycles. The zero-order valence-electron chi connectivity index (χ0n) is 15.4. The Morgan fingerprint density at radius 2 is 2.00 bits per heavy atom. The van der Waals surface area contributed by atoms with Crippen LogP contribution in [0.2, 0.25) is 0 Å². The molecule has 1 aromatic rings. The maximum atomic E-state index is 11.8. The molecular formula is C19H28N2O4. The number of carbonyl (C=O) groups excluding carboxylic acids is 2. The Morgan fingerprint density at radius 1 is 1.24 bits per heavy atom. The van der Waals surface area contributed by atoms with Gasteiger partial charge >= 0.3 is 0 Å². The third-order valence-electron chi connectivity index (χ3n) is 3.60. The third-order valence-corrected chi connectivity index (χ3v) is 3.60. The van der Waals surface area contributed by atoms with Crippen LogP contribution in [0.3, 0.4) is 0 Å². The van der Waals surface area contributed by atoms with Crippen LogP contribution in [0.5, 0.6) is 11.5 Å². The van der Waals surface area contributed by atoms with Gasteiger partial charge in [-0.1, -0.05) is 25.1 Å². The molecule has 0 bridgehead atoms. The highest BCUT2D eigenvalue weighted by Gasteiger charge is 2.09. The van der Waals surface area contributed by atoms with E-state index in [-0.39, 0.29) is 37.4 Å². The van der Waals surface area contributed by atoms with E-state index in [1.54, 1.807) is 13.2 Å². The minimum Gasteiger partial charge on any atom is -0.493 e. The zero-order valence-corrected chi connectivity index (χ0v) is 15.4. The highest BCUT2D eigenvalue weighted by molar-refractivity contribution is 5.80. The number of hydrogen-bond acceptors (Lipinski definition) is 4. The first-order chi connectivity index (χ1) is 12.0. The van der Waals surface area contributed by atoms with Gasteiger partial charge in [-0.25, -0.2) is 0 Å². The summed E-state index contributed by atoms with van der Waals surface area (Å²) in [6.45, 7) is 6.03. The van der Waals surface area contributed by atoms with Crippen molar-refractivity contribution in [2.75, 3.05) is 20.3 Å². The summed E-state index contributed by atoms with van der Waals surface area (Å²) in [4.78, 5) is 23.5. The topological polar surface area (TPSA) is 76.7 Å². The third kappa shape index (κ3) is 7.74. The molecule has 1 atom stereocenters. The van der Waals surface area contributed by atoms with Gasteiger partial charge in [-0.05, 0) is 38.0 Å². The highest BCUT2D eigenvalue weighted by Crippen LogP contribution is 2.28. The quantitative estimate of drug-likeness (QED) is 0.681. The van der Waals surface area contributed by atoms with E-state index < -0.39 is 0 Å². The number of rotatable bonds is 10. The Morgan fingerprint density at radius 3 is 2.64 bits per heavy atom. The fourth-order valence-corrected chi connectivity index (χ4v) is 2.06. The predicted octanol–water partition coefficient (Wildman–Crippen LogP) is 2.53. The summed E-state index contributed by atoms with van der Waals surface area (Å²) >= 11 is 0. The van der Waals surface area contributed by atoms with Crippen LogP contribution in [-0.4, -0.2) is 38.1 Å². The van der Waals surface area contributed by atoms with Crippen molar-refractivity contribution in [2.45, 2.75) is 39.7 Å². The minimum atomic E-state index is -0.282. The molecule has 138 valence electrons. The van der Waals surface area contributed by atoms with Crippen LogP contribution in [-0.2, 0) is 9.59 Å². The van der Waals surface area contributed by atoms with Crippen molar-refractivity contribution in [3.05, 3.63) is 29.8 Å². The van der Waals surface area contributed by atoms with E-state index in [0.717, 1.165) is 12.0 Å². The molecule has 2 N–H and O–H groups in total. The molecular weight excluding hydrogens is 320 g/mol. The van der Waals surface area contributed by atoms with Crippen LogP contribution in [0.4, 0.5) is 0 Å². The van der Waals surface area contributed by atoms with Crippen LogP contribution in [0, 0.1) is 0 Å². The Hall–Kier alpha value is -2.50. The van der Waals surface area contributed by atoms with Crippen molar-refractivity contribution in [2.24, 2.45) is 0 Å². The van der Waals surface area contributed by atoms with Gasteiger partial charge in [0.15, 0.2) is 18.1 Å². The van der Waals surface area contributed by atoms with Crippen LogP contribution in [0.1, 0.15) is 39.2 Å². The molecule has 0 aliphatic carbocycles. The average Bonchev–Trinajstić information content (AvgIpc) is 2.60. The SMILES string of the molecule is CC=Cc1ccc(OCC(=O)NCCC(=O)NC(C)CC)c(OC)c1. The lowest BCUT2D eigenvalue weighted by Gasteiger charge is -2.13. The van der Waals surface area contributed by atoms with E-state index in [0.29, 0.717) is 11.5 Å². The van der Waals surface area contributed by atoms with Crippen molar-refractivity contribution in [1.29, 1.82) is 0 Å². The molecule has 0 aliphatic rings. The van der Waals surface area contributed by atoms with Crippen LogP contribution in [0.15, 0.2) is 24.3 Å². The second-order valence-electron chi connectivity index (χ2n) is 5.68. The van der Waals surface area contributed by atoms with Crippen molar-refractivity contribution < 1.29 is 19.1 Å². The first-order valence-corrected chi connectivity index (χ1v) is 8.49. The molecule has 25 heavy (non-hydrogen) atoms. The van der Waals surface area contributed by atoms with Gasteiger partial charge in [-0.2, -0.15) is 0 Å². The molecule has 2 amide bonds. The van der Waals surface area contributed by atoms with E-state index in [1.165, 1.54) is 0 Å². The van der Waals surface area contributed by atoms with E-state index in [2.05, 4.69) is 10.6 Å². The number of ether oxygens (including phenoxy) is 2. The van der Waals surface area contributed by atoms with Crippen LogP contribution < -0.4 is 20.1 Å². The first-order valence-electron chi connectivity index (χ1n) is 8.49. The summed E-state index contributed by atoms with van der Waals surface area (Å²) in [5.41, 5.74) is 0.989. The lowest BCUT2D eigenvalue weighted by atomic mass is 10.2. The van der Waals surface area contributed by atoms with E-state index in [9.17, 15) is 9.59 Å². The molecule has 6 heteroatoms. The Bertz CT molecular complexity index is 599. The number of hydrogen-bond donors (Lipinski definition) is 2. The molecule has 0 saturated heterocycles. The normalized spacial score (nSPS) is 11.8.